The Morgan fingerprint density at radius 2 is 2.08 bits per heavy atom. The number of aromatic nitrogens is 4. The highest BCUT2D eigenvalue weighted by molar-refractivity contribution is 14.0. The van der Waals surface area contributed by atoms with Gasteiger partial charge in [0.1, 0.15) is 12.2 Å². The first-order valence-corrected chi connectivity index (χ1v) is 8.02. The summed E-state index contributed by atoms with van der Waals surface area (Å²) >= 11 is 0. The third-order valence-electron chi connectivity index (χ3n) is 4.14. The summed E-state index contributed by atoms with van der Waals surface area (Å²) in [5.41, 5.74) is 3.76. The van der Waals surface area contributed by atoms with Gasteiger partial charge in [-0.2, -0.15) is 5.10 Å². The minimum atomic E-state index is 0. The van der Waals surface area contributed by atoms with E-state index in [4.69, 9.17) is 0 Å². The molecule has 0 saturated carbocycles. The Kier molecular flexibility index (Phi) is 6.80. The van der Waals surface area contributed by atoms with E-state index in [0.717, 1.165) is 24.7 Å². The van der Waals surface area contributed by atoms with Gasteiger partial charge in [0.25, 0.3) is 0 Å². The van der Waals surface area contributed by atoms with E-state index in [1.54, 1.807) is 18.1 Å². The van der Waals surface area contributed by atoms with Crippen LogP contribution in [0.4, 0.5) is 0 Å². The highest BCUT2D eigenvalue weighted by Crippen LogP contribution is 2.21. The van der Waals surface area contributed by atoms with Gasteiger partial charge in [-0.05, 0) is 25.0 Å². The lowest BCUT2D eigenvalue weighted by Gasteiger charge is -2.11. The monoisotopic (exact) mass is 453 g/mol. The Labute approximate surface area is 164 Å². The summed E-state index contributed by atoms with van der Waals surface area (Å²) in [5, 5.41) is 11.9. The summed E-state index contributed by atoms with van der Waals surface area (Å²) in [5.74, 6) is 1.63. The highest BCUT2D eigenvalue weighted by Gasteiger charge is 2.08. The van der Waals surface area contributed by atoms with Crippen molar-refractivity contribution < 1.29 is 0 Å². The maximum atomic E-state index is 4.25. The minimum Gasteiger partial charge on any atom is -0.358 e. The molecule has 0 amide bonds. The molecule has 0 aliphatic carbocycles. The van der Waals surface area contributed by atoms with Crippen molar-refractivity contribution in [3.8, 4) is 0 Å². The van der Waals surface area contributed by atoms with Gasteiger partial charge < -0.3 is 15.6 Å². The van der Waals surface area contributed by atoms with Gasteiger partial charge in [-0.3, -0.25) is 9.67 Å². The van der Waals surface area contributed by atoms with E-state index in [2.05, 4.69) is 61.9 Å². The average molecular weight is 453 g/mol. The normalized spacial score (nSPS) is 11.4. The maximum absolute atomic E-state index is 4.25. The molecule has 0 atom stereocenters. The first-order chi connectivity index (χ1) is 11.7. The van der Waals surface area contributed by atoms with Crippen LogP contribution in [0.5, 0.6) is 0 Å². The van der Waals surface area contributed by atoms with E-state index < -0.39 is 0 Å². The number of aliphatic imine (C=N–C) groups is 1. The van der Waals surface area contributed by atoms with Crippen LogP contribution in [0.2, 0.25) is 0 Å². The zero-order chi connectivity index (χ0) is 16.9. The summed E-state index contributed by atoms with van der Waals surface area (Å²) in [7, 11) is 3.64. The van der Waals surface area contributed by atoms with Crippen molar-refractivity contribution in [2.24, 2.45) is 12.0 Å². The Bertz CT molecular complexity index is 850. The van der Waals surface area contributed by atoms with Crippen LogP contribution in [0.1, 0.15) is 17.1 Å². The number of guanidine groups is 1. The van der Waals surface area contributed by atoms with Crippen molar-refractivity contribution in [3.63, 3.8) is 0 Å². The molecule has 0 spiro atoms. The molecule has 2 aromatic heterocycles. The van der Waals surface area contributed by atoms with E-state index in [9.17, 15) is 0 Å². The van der Waals surface area contributed by atoms with Gasteiger partial charge in [0, 0.05) is 37.2 Å². The van der Waals surface area contributed by atoms with Crippen LogP contribution in [0, 0.1) is 6.92 Å². The number of aromatic amines is 1. The molecule has 3 aromatic rings. The number of para-hydroxylation sites is 1. The molecule has 0 aliphatic rings. The van der Waals surface area contributed by atoms with Crippen LogP contribution in [0.3, 0.4) is 0 Å². The predicted molar refractivity (Wildman–Crippen MR) is 111 cm³/mol. The highest BCUT2D eigenvalue weighted by atomic mass is 127. The molecule has 0 unspecified atom stereocenters. The number of halogens is 1. The number of fused-ring (bicyclic) bond motifs is 1. The van der Waals surface area contributed by atoms with E-state index in [1.807, 2.05) is 7.05 Å². The molecular weight excluding hydrogens is 429 g/mol. The van der Waals surface area contributed by atoms with Gasteiger partial charge in [-0.25, -0.2) is 4.98 Å². The Balaban J connectivity index is 0.00000225. The van der Waals surface area contributed by atoms with Crippen molar-refractivity contribution in [2.75, 3.05) is 13.6 Å². The Morgan fingerprint density at radius 1 is 1.28 bits per heavy atom. The van der Waals surface area contributed by atoms with Crippen molar-refractivity contribution in [1.82, 2.24) is 30.4 Å². The second-order valence-corrected chi connectivity index (χ2v) is 5.68. The van der Waals surface area contributed by atoms with E-state index in [1.165, 1.54) is 22.2 Å². The predicted octanol–water partition coefficient (Wildman–Crippen LogP) is 2.13. The fourth-order valence-electron chi connectivity index (χ4n) is 2.83. The second kappa shape index (κ2) is 8.84. The molecule has 0 fully saturated rings. The molecule has 7 nitrogen and oxygen atoms in total. The summed E-state index contributed by atoms with van der Waals surface area (Å²) in [6, 6.07) is 8.41. The fraction of sp³-hybridized carbons (Fsp3) is 0.353. The molecule has 3 N–H and O–H groups in total. The number of H-pyrrole nitrogens is 1. The summed E-state index contributed by atoms with van der Waals surface area (Å²) in [4.78, 5) is 11.9. The number of nitrogens with one attached hydrogen (secondary N) is 3. The molecule has 1 aromatic carbocycles. The quantitative estimate of drug-likeness (QED) is 0.314. The minimum absolute atomic E-state index is 0. The standard InChI is InChI=1S/C17H23N7.HI/c1-12-13(14-6-4-5-7-15(14)23-12)8-9-19-17(18-2)20-10-16-21-11-22-24(16)3;/h4-7,11,23H,8-10H2,1-3H3,(H2,18,19,20);1H. The van der Waals surface area contributed by atoms with Gasteiger partial charge in [-0.1, -0.05) is 18.2 Å². The fourth-order valence-corrected chi connectivity index (χ4v) is 2.83. The van der Waals surface area contributed by atoms with Crippen LogP contribution >= 0.6 is 24.0 Å². The molecule has 8 heteroatoms. The molecule has 0 aliphatic heterocycles. The number of hydrogen-bond acceptors (Lipinski definition) is 3. The second-order valence-electron chi connectivity index (χ2n) is 5.68. The number of hydrogen-bond donors (Lipinski definition) is 3. The maximum Gasteiger partial charge on any atom is 0.191 e. The number of nitrogens with zero attached hydrogens (tertiary/aromatic N) is 4. The first-order valence-electron chi connectivity index (χ1n) is 8.02. The molecule has 3 rings (SSSR count). The molecule has 0 radical (unpaired) electrons. The van der Waals surface area contributed by atoms with E-state index in [0.29, 0.717) is 6.54 Å². The van der Waals surface area contributed by atoms with Gasteiger partial charge in [0.15, 0.2) is 5.96 Å². The first kappa shape index (κ1) is 19.2. The van der Waals surface area contributed by atoms with Crippen LogP contribution in [0.25, 0.3) is 10.9 Å². The molecule has 134 valence electrons. The Hall–Kier alpha value is -2.10. The molecule has 0 bridgehead atoms. The number of rotatable bonds is 5. The van der Waals surface area contributed by atoms with Crippen LogP contribution in [0.15, 0.2) is 35.6 Å². The zero-order valence-electron chi connectivity index (χ0n) is 14.7. The van der Waals surface area contributed by atoms with E-state index >= 15 is 0 Å². The van der Waals surface area contributed by atoms with Crippen molar-refractivity contribution in [1.29, 1.82) is 0 Å². The third-order valence-corrected chi connectivity index (χ3v) is 4.14. The smallest absolute Gasteiger partial charge is 0.191 e. The summed E-state index contributed by atoms with van der Waals surface area (Å²) < 4.78 is 1.75. The lowest BCUT2D eigenvalue weighted by atomic mass is 10.1. The molecule has 0 saturated heterocycles. The Morgan fingerprint density at radius 3 is 2.80 bits per heavy atom. The topological polar surface area (TPSA) is 82.9 Å². The van der Waals surface area contributed by atoms with Gasteiger partial charge in [0.05, 0.1) is 6.54 Å². The molecule has 25 heavy (non-hydrogen) atoms. The van der Waals surface area contributed by atoms with Crippen molar-refractivity contribution in [2.45, 2.75) is 19.9 Å². The van der Waals surface area contributed by atoms with Gasteiger partial charge in [-0.15, -0.1) is 24.0 Å². The lowest BCUT2D eigenvalue weighted by molar-refractivity contribution is 0.672. The third kappa shape index (κ3) is 4.50. The zero-order valence-corrected chi connectivity index (χ0v) is 17.0. The van der Waals surface area contributed by atoms with Crippen LogP contribution in [-0.4, -0.2) is 39.3 Å². The van der Waals surface area contributed by atoms with Crippen molar-refractivity contribution >= 4 is 40.8 Å². The SMILES string of the molecule is CN=C(NCCc1c(C)[nH]c2ccccc12)NCc1ncnn1C.I. The number of benzene rings is 1. The lowest BCUT2D eigenvalue weighted by Crippen LogP contribution is -2.38. The summed E-state index contributed by atoms with van der Waals surface area (Å²) in [6.45, 7) is 3.51. The molecular formula is C17H24IN7. The van der Waals surface area contributed by atoms with Gasteiger partial charge in [0.2, 0.25) is 0 Å². The summed E-state index contributed by atoms with van der Waals surface area (Å²) in [6.07, 6.45) is 2.48. The average Bonchev–Trinajstić information content (AvgIpc) is 3.13. The largest absolute Gasteiger partial charge is 0.358 e. The van der Waals surface area contributed by atoms with Crippen LogP contribution < -0.4 is 10.6 Å². The van der Waals surface area contributed by atoms with E-state index in [-0.39, 0.29) is 24.0 Å². The molecule has 2 heterocycles. The van der Waals surface area contributed by atoms with Gasteiger partial charge >= 0.3 is 0 Å². The van der Waals surface area contributed by atoms with Crippen LogP contribution in [-0.2, 0) is 20.0 Å². The number of aryl methyl sites for hydroxylation is 2. The van der Waals surface area contributed by atoms with Crippen molar-refractivity contribution in [3.05, 3.63) is 47.7 Å².